The minimum atomic E-state index is -0.364. The molecule has 0 atom stereocenters. The van der Waals surface area contributed by atoms with E-state index in [1.54, 1.807) is 0 Å². The summed E-state index contributed by atoms with van der Waals surface area (Å²) in [5.74, 6) is 0. The zero-order valence-corrected chi connectivity index (χ0v) is 12.6. The molecule has 5 rings (SSSR count). The van der Waals surface area contributed by atoms with Crippen molar-refractivity contribution in [2.75, 3.05) is 0 Å². The predicted octanol–water partition coefficient (Wildman–Crippen LogP) is 4.49. The fourth-order valence-corrected chi connectivity index (χ4v) is 3.23. The van der Waals surface area contributed by atoms with Gasteiger partial charge in [-0.15, -0.1) is 0 Å². The van der Waals surface area contributed by atoms with Crippen molar-refractivity contribution in [3.63, 3.8) is 0 Å². The molecule has 4 nitrogen and oxygen atoms in total. The van der Waals surface area contributed by atoms with Crippen molar-refractivity contribution in [3.8, 4) is 11.3 Å². The van der Waals surface area contributed by atoms with Crippen molar-refractivity contribution in [2.24, 2.45) is 0 Å². The van der Waals surface area contributed by atoms with Crippen LogP contribution in [0.1, 0.15) is 0 Å². The van der Waals surface area contributed by atoms with Crippen molar-refractivity contribution in [1.29, 1.82) is 0 Å². The van der Waals surface area contributed by atoms with Crippen molar-refractivity contribution in [2.45, 2.75) is 0 Å². The minimum Gasteiger partial charge on any atom is -0.455 e. The van der Waals surface area contributed by atoms with E-state index in [1.165, 1.54) is 0 Å². The van der Waals surface area contributed by atoms with E-state index in [0.717, 1.165) is 38.4 Å². The molecule has 0 aliphatic carbocycles. The first-order valence-corrected chi connectivity index (χ1v) is 7.71. The van der Waals surface area contributed by atoms with E-state index >= 15 is 0 Å². The summed E-state index contributed by atoms with van der Waals surface area (Å²) >= 11 is 0. The molecule has 1 N–H and O–H groups in total. The van der Waals surface area contributed by atoms with Gasteiger partial charge in [0, 0.05) is 16.3 Å². The highest BCUT2D eigenvalue weighted by Gasteiger charge is 2.15. The second-order valence-electron chi connectivity index (χ2n) is 5.72. The van der Waals surface area contributed by atoms with Gasteiger partial charge in [-0.25, -0.2) is 4.79 Å². The van der Waals surface area contributed by atoms with Gasteiger partial charge in [0.15, 0.2) is 0 Å². The van der Waals surface area contributed by atoms with Crippen LogP contribution in [0.15, 0.2) is 75.9 Å². The van der Waals surface area contributed by atoms with Crippen LogP contribution in [0.25, 0.3) is 44.1 Å². The van der Waals surface area contributed by atoms with Crippen LogP contribution in [0.4, 0.5) is 0 Å². The van der Waals surface area contributed by atoms with Gasteiger partial charge in [0.2, 0.25) is 0 Å². The van der Waals surface area contributed by atoms with E-state index in [9.17, 15) is 4.79 Å². The fourth-order valence-electron chi connectivity index (χ4n) is 3.23. The molecule has 0 aliphatic heterocycles. The summed E-state index contributed by atoms with van der Waals surface area (Å²) in [4.78, 5) is 19.0. The quantitative estimate of drug-likeness (QED) is 0.496. The van der Waals surface area contributed by atoms with Gasteiger partial charge in [-0.2, -0.15) is 4.98 Å². The number of aromatic nitrogens is 2. The maximum absolute atomic E-state index is 12.0. The Morgan fingerprint density at radius 3 is 2.50 bits per heavy atom. The Morgan fingerprint density at radius 2 is 1.62 bits per heavy atom. The van der Waals surface area contributed by atoms with Gasteiger partial charge in [-0.1, -0.05) is 48.5 Å². The molecular weight excluding hydrogens is 300 g/mol. The largest absolute Gasteiger partial charge is 0.455 e. The Balaban J connectivity index is 2.03. The van der Waals surface area contributed by atoms with Crippen molar-refractivity contribution in [1.82, 2.24) is 9.97 Å². The topological polar surface area (TPSA) is 58.9 Å². The van der Waals surface area contributed by atoms with Crippen LogP contribution in [0.5, 0.6) is 0 Å². The summed E-state index contributed by atoms with van der Waals surface area (Å²) in [5, 5.41) is 2.90. The second-order valence-corrected chi connectivity index (χ2v) is 5.72. The lowest BCUT2D eigenvalue weighted by Crippen LogP contribution is -2.11. The number of para-hydroxylation sites is 1. The average molecular weight is 312 g/mol. The van der Waals surface area contributed by atoms with Gasteiger partial charge >= 0.3 is 5.69 Å². The lowest BCUT2D eigenvalue weighted by molar-refractivity contribution is 0.672. The van der Waals surface area contributed by atoms with E-state index in [1.807, 2.05) is 66.7 Å². The highest BCUT2D eigenvalue weighted by molar-refractivity contribution is 6.17. The SMILES string of the molecule is O=c1nc(-c2ccccc2)c2c(ccc3c4ccccc4oc32)[nH]1. The van der Waals surface area contributed by atoms with Crippen molar-refractivity contribution in [3.05, 3.63) is 77.2 Å². The molecule has 24 heavy (non-hydrogen) atoms. The molecule has 0 aliphatic rings. The molecule has 114 valence electrons. The summed E-state index contributed by atoms with van der Waals surface area (Å²) in [6.07, 6.45) is 0. The van der Waals surface area contributed by atoms with Crippen molar-refractivity contribution < 1.29 is 4.42 Å². The Bertz CT molecular complexity index is 1270. The van der Waals surface area contributed by atoms with Gasteiger partial charge in [-0.3, -0.25) is 0 Å². The van der Waals surface area contributed by atoms with Crippen LogP contribution in [0.2, 0.25) is 0 Å². The first-order chi connectivity index (χ1) is 11.8. The molecule has 5 aromatic rings. The summed E-state index contributed by atoms with van der Waals surface area (Å²) < 4.78 is 6.11. The molecule has 0 fully saturated rings. The third-order valence-corrected chi connectivity index (χ3v) is 4.29. The lowest BCUT2D eigenvalue weighted by atomic mass is 10.0. The maximum Gasteiger partial charge on any atom is 0.345 e. The monoisotopic (exact) mass is 312 g/mol. The molecule has 2 aromatic heterocycles. The standard InChI is InChI=1S/C20H12N2O2/c23-20-21-15-11-10-14-13-8-4-5-9-16(13)24-19(14)17(15)18(22-20)12-6-2-1-3-7-12/h1-11H,(H,21,22,23). The predicted molar refractivity (Wildman–Crippen MR) is 95.1 cm³/mol. The lowest BCUT2D eigenvalue weighted by Gasteiger charge is -2.06. The number of H-pyrrole nitrogens is 1. The fraction of sp³-hybridized carbons (Fsp3) is 0. The van der Waals surface area contributed by atoms with Gasteiger partial charge in [0.05, 0.1) is 16.6 Å². The number of aromatic amines is 1. The number of furan rings is 1. The minimum absolute atomic E-state index is 0.364. The number of hydrogen-bond donors (Lipinski definition) is 1. The Kier molecular flexibility index (Phi) is 2.61. The Hall–Kier alpha value is -3.40. The van der Waals surface area contributed by atoms with Gasteiger partial charge in [0.25, 0.3) is 0 Å². The number of rotatable bonds is 1. The highest BCUT2D eigenvalue weighted by Crippen LogP contribution is 2.36. The summed E-state index contributed by atoms with van der Waals surface area (Å²) in [6, 6.07) is 21.5. The summed E-state index contributed by atoms with van der Waals surface area (Å²) in [5.41, 5.74) is 3.46. The molecule has 3 aromatic carbocycles. The molecule has 0 saturated carbocycles. The molecule has 2 heterocycles. The zero-order chi connectivity index (χ0) is 16.1. The molecular formula is C20H12N2O2. The smallest absolute Gasteiger partial charge is 0.345 e. The van der Waals surface area contributed by atoms with Crippen LogP contribution in [-0.4, -0.2) is 9.97 Å². The van der Waals surface area contributed by atoms with E-state index < -0.39 is 0 Å². The number of benzene rings is 3. The van der Waals surface area contributed by atoms with E-state index in [4.69, 9.17) is 4.42 Å². The Morgan fingerprint density at radius 1 is 0.833 bits per heavy atom. The number of nitrogens with one attached hydrogen (secondary N) is 1. The molecule has 0 unspecified atom stereocenters. The van der Waals surface area contributed by atoms with Crippen LogP contribution in [-0.2, 0) is 0 Å². The molecule has 0 bridgehead atoms. The second kappa shape index (κ2) is 4.80. The van der Waals surface area contributed by atoms with Gasteiger partial charge < -0.3 is 9.40 Å². The number of fused-ring (bicyclic) bond motifs is 5. The normalized spacial score (nSPS) is 11.5. The zero-order valence-electron chi connectivity index (χ0n) is 12.6. The van der Waals surface area contributed by atoms with E-state index in [2.05, 4.69) is 9.97 Å². The van der Waals surface area contributed by atoms with Crippen molar-refractivity contribution >= 4 is 32.8 Å². The summed E-state index contributed by atoms with van der Waals surface area (Å²) in [6.45, 7) is 0. The van der Waals surface area contributed by atoms with E-state index in [-0.39, 0.29) is 5.69 Å². The molecule has 0 amide bonds. The van der Waals surface area contributed by atoms with Crippen LogP contribution < -0.4 is 5.69 Å². The molecule has 4 heteroatoms. The first kappa shape index (κ1) is 13.1. The third-order valence-electron chi connectivity index (χ3n) is 4.29. The van der Waals surface area contributed by atoms with Crippen LogP contribution in [0.3, 0.4) is 0 Å². The molecule has 0 spiro atoms. The Labute approximate surface area is 136 Å². The van der Waals surface area contributed by atoms with Crippen LogP contribution in [0, 0.1) is 0 Å². The van der Waals surface area contributed by atoms with E-state index in [0.29, 0.717) is 5.69 Å². The van der Waals surface area contributed by atoms with Gasteiger partial charge in [-0.05, 0) is 18.2 Å². The number of nitrogens with zero attached hydrogens (tertiary/aromatic N) is 1. The van der Waals surface area contributed by atoms with Gasteiger partial charge in [0.1, 0.15) is 11.2 Å². The highest BCUT2D eigenvalue weighted by atomic mass is 16.3. The maximum atomic E-state index is 12.0. The van der Waals surface area contributed by atoms with Crippen LogP contribution >= 0.6 is 0 Å². The number of hydrogen-bond acceptors (Lipinski definition) is 3. The third kappa shape index (κ3) is 1.80. The molecule has 0 radical (unpaired) electrons. The first-order valence-electron chi connectivity index (χ1n) is 7.71. The average Bonchev–Trinajstić information content (AvgIpc) is 3.00. The summed E-state index contributed by atoms with van der Waals surface area (Å²) in [7, 11) is 0. The molecule has 0 saturated heterocycles.